The third-order valence-corrected chi connectivity index (χ3v) is 7.18. The number of likely N-dealkylation sites (tertiary alicyclic amines) is 1. The number of halogens is 2. The Labute approximate surface area is 188 Å². The number of hydrogen-bond donors (Lipinski definition) is 1. The molecule has 3 nitrogen and oxygen atoms in total. The van der Waals surface area contributed by atoms with Crippen molar-refractivity contribution < 1.29 is 4.79 Å². The maximum atomic E-state index is 12.5. The van der Waals surface area contributed by atoms with Crippen molar-refractivity contribution >= 4 is 40.9 Å². The van der Waals surface area contributed by atoms with Gasteiger partial charge in [-0.1, -0.05) is 53.5 Å². The molecule has 1 aliphatic rings. The molecule has 156 valence electrons. The molecule has 0 unspecified atom stereocenters. The smallest absolute Gasteiger partial charge is 0.223 e. The Kier molecular flexibility index (Phi) is 8.73. The van der Waals surface area contributed by atoms with Crippen LogP contribution in [0.1, 0.15) is 29.5 Å². The molecule has 2 aromatic carbocycles. The summed E-state index contributed by atoms with van der Waals surface area (Å²) in [4.78, 5) is 14.9. The molecule has 2 aromatic rings. The molecule has 1 N–H and O–H groups in total. The number of nitrogens with one attached hydrogen (secondary N) is 1. The SMILES string of the molecule is Cc1ccccc1CN1CCC(C(=O)NCCSCc2ccc(Cl)c(Cl)c2)CC1. The van der Waals surface area contributed by atoms with E-state index >= 15 is 0 Å². The molecular weight excluding hydrogens is 423 g/mol. The molecule has 1 heterocycles. The van der Waals surface area contributed by atoms with E-state index in [0.29, 0.717) is 16.6 Å². The van der Waals surface area contributed by atoms with Gasteiger partial charge in [0.05, 0.1) is 10.0 Å². The van der Waals surface area contributed by atoms with Gasteiger partial charge >= 0.3 is 0 Å². The number of benzene rings is 2. The number of aryl methyl sites for hydroxylation is 1. The van der Waals surface area contributed by atoms with E-state index in [1.807, 2.05) is 18.2 Å². The van der Waals surface area contributed by atoms with E-state index in [1.165, 1.54) is 11.1 Å². The average molecular weight is 451 g/mol. The Balaban J connectivity index is 1.31. The van der Waals surface area contributed by atoms with Gasteiger partial charge in [-0.25, -0.2) is 0 Å². The van der Waals surface area contributed by atoms with E-state index in [-0.39, 0.29) is 11.8 Å². The van der Waals surface area contributed by atoms with Crippen molar-refractivity contribution in [2.75, 3.05) is 25.4 Å². The van der Waals surface area contributed by atoms with Crippen molar-refractivity contribution in [3.05, 3.63) is 69.2 Å². The number of rotatable bonds is 8. The van der Waals surface area contributed by atoms with Crippen LogP contribution in [0.15, 0.2) is 42.5 Å². The Morgan fingerprint density at radius 3 is 2.62 bits per heavy atom. The normalized spacial score (nSPS) is 15.4. The van der Waals surface area contributed by atoms with Crippen molar-refractivity contribution in [3.63, 3.8) is 0 Å². The number of piperidine rings is 1. The van der Waals surface area contributed by atoms with Crippen molar-refractivity contribution in [1.82, 2.24) is 10.2 Å². The minimum Gasteiger partial charge on any atom is -0.355 e. The van der Waals surface area contributed by atoms with E-state index in [1.54, 1.807) is 11.8 Å². The molecule has 29 heavy (non-hydrogen) atoms. The molecule has 3 rings (SSSR count). The number of nitrogens with zero attached hydrogens (tertiary/aromatic N) is 1. The van der Waals surface area contributed by atoms with Gasteiger partial charge in [-0.05, 0) is 61.7 Å². The molecule has 0 bridgehead atoms. The van der Waals surface area contributed by atoms with Crippen LogP contribution < -0.4 is 5.32 Å². The Morgan fingerprint density at radius 2 is 1.90 bits per heavy atom. The minimum atomic E-state index is 0.142. The summed E-state index contributed by atoms with van der Waals surface area (Å²) in [6.07, 6.45) is 1.88. The topological polar surface area (TPSA) is 32.3 Å². The minimum absolute atomic E-state index is 0.142. The van der Waals surface area contributed by atoms with E-state index < -0.39 is 0 Å². The summed E-state index contributed by atoms with van der Waals surface area (Å²) in [5, 5.41) is 4.28. The molecule has 1 aliphatic heterocycles. The first-order chi connectivity index (χ1) is 14.0. The highest BCUT2D eigenvalue weighted by Crippen LogP contribution is 2.24. The van der Waals surface area contributed by atoms with Crippen molar-refractivity contribution in [2.24, 2.45) is 5.92 Å². The number of hydrogen-bond acceptors (Lipinski definition) is 3. The summed E-state index contributed by atoms with van der Waals surface area (Å²) in [5.41, 5.74) is 3.87. The zero-order chi connectivity index (χ0) is 20.6. The molecule has 1 fully saturated rings. The van der Waals surface area contributed by atoms with Gasteiger partial charge in [0, 0.05) is 30.5 Å². The summed E-state index contributed by atoms with van der Waals surface area (Å²) in [6.45, 7) is 5.81. The maximum absolute atomic E-state index is 12.5. The number of thioether (sulfide) groups is 1. The van der Waals surface area contributed by atoms with E-state index in [2.05, 4.69) is 41.4 Å². The first kappa shape index (κ1) is 22.5. The summed E-state index contributed by atoms with van der Waals surface area (Å²) in [5.74, 6) is 2.10. The van der Waals surface area contributed by atoms with Crippen molar-refractivity contribution in [1.29, 1.82) is 0 Å². The van der Waals surface area contributed by atoms with Gasteiger partial charge in [-0.3, -0.25) is 9.69 Å². The third kappa shape index (κ3) is 6.92. The first-order valence-electron chi connectivity index (χ1n) is 10.1. The lowest BCUT2D eigenvalue weighted by Gasteiger charge is -2.31. The largest absolute Gasteiger partial charge is 0.355 e. The second-order valence-corrected chi connectivity index (χ2v) is 9.49. The molecule has 1 saturated heterocycles. The maximum Gasteiger partial charge on any atom is 0.223 e. The summed E-state index contributed by atoms with van der Waals surface area (Å²) in [6, 6.07) is 14.3. The zero-order valence-electron chi connectivity index (χ0n) is 16.8. The number of carbonyl (C=O) groups excluding carboxylic acids is 1. The van der Waals surface area contributed by atoms with E-state index in [9.17, 15) is 4.79 Å². The molecule has 0 atom stereocenters. The highest BCUT2D eigenvalue weighted by molar-refractivity contribution is 7.98. The van der Waals surface area contributed by atoms with Gasteiger partial charge in [0.15, 0.2) is 0 Å². The second kappa shape index (κ2) is 11.3. The molecule has 0 spiro atoms. The van der Waals surface area contributed by atoms with Crippen LogP contribution in [-0.4, -0.2) is 36.2 Å². The summed E-state index contributed by atoms with van der Waals surface area (Å²) in [7, 11) is 0. The van der Waals surface area contributed by atoms with Gasteiger partial charge in [0.2, 0.25) is 5.91 Å². The number of amides is 1. The Morgan fingerprint density at radius 1 is 1.14 bits per heavy atom. The van der Waals surface area contributed by atoms with Crippen LogP contribution in [0, 0.1) is 12.8 Å². The monoisotopic (exact) mass is 450 g/mol. The fourth-order valence-corrected chi connectivity index (χ4v) is 4.72. The average Bonchev–Trinajstić information content (AvgIpc) is 2.72. The lowest BCUT2D eigenvalue weighted by molar-refractivity contribution is -0.126. The molecule has 6 heteroatoms. The van der Waals surface area contributed by atoms with Gasteiger partial charge in [0.25, 0.3) is 0 Å². The third-order valence-electron chi connectivity index (χ3n) is 5.41. The van der Waals surface area contributed by atoms with E-state index in [4.69, 9.17) is 23.2 Å². The first-order valence-corrected chi connectivity index (χ1v) is 12.0. The van der Waals surface area contributed by atoms with Crippen molar-refractivity contribution in [3.8, 4) is 0 Å². The highest BCUT2D eigenvalue weighted by atomic mass is 35.5. The summed E-state index contributed by atoms with van der Waals surface area (Å²) < 4.78 is 0. The Bertz CT molecular complexity index is 822. The number of carbonyl (C=O) groups is 1. The molecule has 0 aromatic heterocycles. The zero-order valence-corrected chi connectivity index (χ0v) is 19.1. The van der Waals surface area contributed by atoms with Gasteiger partial charge < -0.3 is 5.32 Å². The highest BCUT2D eigenvalue weighted by Gasteiger charge is 2.24. The van der Waals surface area contributed by atoms with E-state index in [0.717, 1.165) is 49.5 Å². The second-order valence-electron chi connectivity index (χ2n) is 7.57. The van der Waals surface area contributed by atoms with Gasteiger partial charge in [-0.15, -0.1) is 0 Å². The van der Waals surface area contributed by atoms with Gasteiger partial charge in [-0.2, -0.15) is 11.8 Å². The predicted molar refractivity (Wildman–Crippen MR) is 125 cm³/mol. The van der Waals surface area contributed by atoms with Crippen LogP contribution in [0.4, 0.5) is 0 Å². The lowest BCUT2D eigenvalue weighted by Crippen LogP contribution is -2.40. The molecule has 0 saturated carbocycles. The van der Waals surface area contributed by atoms with Crippen LogP contribution in [0.25, 0.3) is 0 Å². The van der Waals surface area contributed by atoms with Gasteiger partial charge in [0.1, 0.15) is 0 Å². The predicted octanol–water partition coefficient (Wildman–Crippen LogP) is 5.56. The van der Waals surface area contributed by atoms with Crippen molar-refractivity contribution in [2.45, 2.75) is 32.1 Å². The molecule has 0 aliphatic carbocycles. The quantitative estimate of drug-likeness (QED) is 0.533. The van der Waals surface area contributed by atoms with Crippen LogP contribution >= 0.6 is 35.0 Å². The molecule has 0 radical (unpaired) electrons. The molecule has 1 amide bonds. The fourth-order valence-electron chi connectivity index (χ4n) is 3.59. The standard InChI is InChI=1S/C23H28Cl2N2OS/c1-17-4-2-3-5-20(17)15-27-11-8-19(9-12-27)23(28)26-10-13-29-16-18-6-7-21(24)22(25)14-18/h2-7,14,19H,8-13,15-16H2,1H3,(H,26,28). The lowest BCUT2D eigenvalue weighted by atomic mass is 9.95. The molecular formula is C23H28Cl2N2OS. The van der Waals surface area contributed by atoms with Crippen LogP contribution in [0.5, 0.6) is 0 Å². The van der Waals surface area contributed by atoms with Crippen LogP contribution in [0.3, 0.4) is 0 Å². The Hall–Kier alpha value is -1.20. The van der Waals surface area contributed by atoms with Crippen LogP contribution in [-0.2, 0) is 17.1 Å². The summed E-state index contributed by atoms with van der Waals surface area (Å²) >= 11 is 13.8. The van der Waals surface area contributed by atoms with Crippen LogP contribution in [0.2, 0.25) is 10.0 Å². The fraction of sp³-hybridized carbons (Fsp3) is 0.435.